The van der Waals surface area contributed by atoms with Gasteiger partial charge in [0.1, 0.15) is 17.4 Å². The van der Waals surface area contributed by atoms with Crippen LogP contribution < -0.4 is 10.2 Å². The van der Waals surface area contributed by atoms with E-state index in [-0.39, 0.29) is 11.4 Å². The molecule has 1 aromatic heterocycles. The fourth-order valence-corrected chi connectivity index (χ4v) is 2.29. The van der Waals surface area contributed by atoms with Crippen LogP contribution in [0.15, 0.2) is 40.4 Å². The number of nitriles is 1. The molecule has 0 spiro atoms. The van der Waals surface area contributed by atoms with Crippen LogP contribution in [0.3, 0.4) is 0 Å². The topological polar surface area (TPSA) is 82.2 Å². The lowest BCUT2D eigenvalue weighted by molar-refractivity contribution is -0.112. The Labute approximate surface area is 141 Å². The zero-order chi connectivity index (χ0) is 17.5. The van der Waals surface area contributed by atoms with Crippen LogP contribution in [0.4, 0.5) is 11.5 Å². The minimum absolute atomic E-state index is 0.00578. The van der Waals surface area contributed by atoms with Crippen molar-refractivity contribution in [3.05, 3.63) is 47.2 Å². The summed E-state index contributed by atoms with van der Waals surface area (Å²) in [4.78, 5) is 14.4. The largest absolute Gasteiger partial charge is 0.372 e. The van der Waals surface area contributed by atoms with Crippen LogP contribution >= 0.6 is 0 Å². The Bertz CT molecular complexity index is 765. The van der Waals surface area contributed by atoms with E-state index in [0.717, 1.165) is 24.3 Å². The molecule has 0 unspecified atom stereocenters. The third kappa shape index (κ3) is 4.23. The smallest absolute Gasteiger partial charge is 0.267 e. The molecule has 0 fully saturated rings. The highest BCUT2D eigenvalue weighted by Crippen LogP contribution is 2.17. The van der Waals surface area contributed by atoms with Crippen molar-refractivity contribution in [3.63, 3.8) is 0 Å². The van der Waals surface area contributed by atoms with E-state index in [0.29, 0.717) is 5.76 Å². The quantitative estimate of drug-likeness (QED) is 0.650. The average molecular weight is 324 g/mol. The van der Waals surface area contributed by atoms with Crippen LogP contribution in [-0.4, -0.2) is 24.2 Å². The molecule has 0 aliphatic rings. The molecule has 2 rings (SSSR count). The fourth-order valence-electron chi connectivity index (χ4n) is 2.29. The van der Waals surface area contributed by atoms with Gasteiger partial charge >= 0.3 is 0 Å². The van der Waals surface area contributed by atoms with Crippen molar-refractivity contribution in [1.29, 1.82) is 5.26 Å². The number of aryl methyl sites for hydroxylation is 1. The second-order valence-electron chi connectivity index (χ2n) is 5.21. The Balaban J connectivity index is 2.14. The van der Waals surface area contributed by atoms with Crippen molar-refractivity contribution in [3.8, 4) is 6.07 Å². The molecule has 0 bridgehead atoms. The third-order valence-corrected chi connectivity index (χ3v) is 3.57. The van der Waals surface area contributed by atoms with Crippen molar-refractivity contribution in [1.82, 2.24) is 5.16 Å². The number of rotatable bonds is 6. The van der Waals surface area contributed by atoms with E-state index in [1.807, 2.05) is 30.3 Å². The molecule has 0 atom stereocenters. The number of hydrogen-bond acceptors (Lipinski definition) is 5. The van der Waals surface area contributed by atoms with Gasteiger partial charge in [0, 0.05) is 24.8 Å². The highest BCUT2D eigenvalue weighted by atomic mass is 16.5. The van der Waals surface area contributed by atoms with E-state index in [9.17, 15) is 10.1 Å². The second-order valence-corrected chi connectivity index (χ2v) is 5.21. The molecule has 0 aliphatic heterocycles. The lowest BCUT2D eigenvalue weighted by Gasteiger charge is -2.20. The molecule has 24 heavy (non-hydrogen) atoms. The van der Waals surface area contributed by atoms with E-state index in [2.05, 4.69) is 29.2 Å². The lowest BCUT2D eigenvalue weighted by atomic mass is 10.1. The summed E-state index contributed by atoms with van der Waals surface area (Å²) >= 11 is 0. The first kappa shape index (κ1) is 17.3. The number of hydrogen-bond donors (Lipinski definition) is 1. The number of carbonyl (C=O) groups is 1. The molecule has 1 amide bonds. The maximum absolute atomic E-state index is 12.1. The number of nitrogens with zero attached hydrogens (tertiary/aromatic N) is 3. The number of nitrogens with one attached hydrogen (secondary N) is 1. The van der Waals surface area contributed by atoms with Crippen molar-refractivity contribution < 1.29 is 9.32 Å². The summed E-state index contributed by atoms with van der Waals surface area (Å²) in [5.41, 5.74) is 1.90. The monoisotopic (exact) mass is 324 g/mol. The van der Waals surface area contributed by atoms with Crippen LogP contribution in [0, 0.1) is 18.3 Å². The minimum atomic E-state index is -0.515. The first-order chi connectivity index (χ1) is 11.6. The third-order valence-electron chi connectivity index (χ3n) is 3.57. The van der Waals surface area contributed by atoms with Crippen LogP contribution in [0.1, 0.15) is 25.2 Å². The molecule has 0 aliphatic carbocycles. The van der Waals surface area contributed by atoms with Crippen LogP contribution in [-0.2, 0) is 4.79 Å². The predicted molar refractivity (Wildman–Crippen MR) is 93.5 cm³/mol. The van der Waals surface area contributed by atoms with Crippen LogP contribution in [0.5, 0.6) is 0 Å². The first-order valence-corrected chi connectivity index (χ1v) is 7.78. The lowest BCUT2D eigenvalue weighted by Crippen LogP contribution is -2.21. The van der Waals surface area contributed by atoms with Gasteiger partial charge in [-0.2, -0.15) is 5.26 Å². The predicted octanol–water partition coefficient (Wildman–Crippen LogP) is 3.37. The molecule has 0 radical (unpaired) electrons. The summed E-state index contributed by atoms with van der Waals surface area (Å²) in [5, 5.41) is 15.4. The Morgan fingerprint density at radius 1 is 1.33 bits per heavy atom. The summed E-state index contributed by atoms with van der Waals surface area (Å²) in [5.74, 6) is 0.355. The molecule has 1 N–H and O–H groups in total. The number of carbonyl (C=O) groups excluding carboxylic acids is 1. The molecular formula is C18H20N4O2. The maximum atomic E-state index is 12.1. The Morgan fingerprint density at radius 2 is 2.00 bits per heavy atom. The number of amides is 1. The van der Waals surface area contributed by atoms with E-state index < -0.39 is 5.91 Å². The van der Waals surface area contributed by atoms with Gasteiger partial charge in [-0.1, -0.05) is 17.3 Å². The molecule has 6 nitrogen and oxygen atoms in total. The van der Waals surface area contributed by atoms with Gasteiger partial charge in [0.25, 0.3) is 5.91 Å². The van der Waals surface area contributed by atoms with Gasteiger partial charge < -0.3 is 14.7 Å². The zero-order valence-corrected chi connectivity index (χ0v) is 14.0. The van der Waals surface area contributed by atoms with Crippen molar-refractivity contribution in [2.75, 3.05) is 23.3 Å². The summed E-state index contributed by atoms with van der Waals surface area (Å²) in [7, 11) is 0. The molecule has 124 valence electrons. The summed E-state index contributed by atoms with van der Waals surface area (Å²) in [6.45, 7) is 7.77. The van der Waals surface area contributed by atoms with E-state index in [1.165, 1.54) is 0 Å². The Kier molecular flexibility index (Phi) is 5.74. The number of anilines is 2. The van der Waals surface area contributed by atoms with Crippen molar-refractivity contribution in [2.45, 2.75) is 20.8 Å². The zero-order valence-electron chi connectivity index (χ0n) is 14.0. The molecule has 0 saturated heterocycles. The molecular weight excluding hydrogens is 304 g/mol. The Morgan fingerprint density at radius 3 is 2.50 bits per heavy atom. The molecule has 1 heterocycles. The fraction of sp³-hybridized carbons (Fsp3) is 0.278. The van der Waals surface area contributed by atoms with Gasteiger partial charge in [-0.05, 0) is 44.5 Å². The summed E-state index contributed by atoms with van der Waals surface area (Å²) < 4.78 is 4.88. The van der Waals surface area contributed by atoms with E-state index in [4.69, 9.17) is 4.52 Å². The molecule has 1 aromatic carbocycles. The summed E-state index contributed by atoms with van der Waals surface area (Å²) in [6, 6.07) is 11.2. The van der Waals surface area contributed by atoms with Crippen LogP contribution in [0.25, 0.3) is 6.08 Å². The van der Waals surface area contributed by atoms with Gasteiger partial charge in [0.05, 0.1) is 0 Å². The highest BCUT2D eigenvalue weighted by molar-refractivity contribution is 6.09. The standard InChI is InChI=1S/C18H20N4O2/c1-4-22(5-2)16-8-6-14(7-9-16)11-15(12-19)18(23)20-17-10-13(3)24-21-17/h6-11H,4-5H2,1-3H3,(H,20,21,23)/b15-11-. The van der Waals surface area contributed by atoms with E-state index in [1.54, 1.807) is 19.1 Å². The molecule has 6 heteroatoms. The Hall–Kier alpha value is -3.07. The maximum Gasteiger partial charge on any atom is 0.267 e. The van der Waals surface area contributed by atoms with Crippen molar-refractivity contribution >= 4 is 23.5 Å². The van der Waals surface area contributed by atoms with Gasteiger partial charge in [-0.15, -0.1) is 0 Å². The van der Waals surface area contributed by atoms with Gasteiger partial charge in [0.2, 0.25) is 0 Å². The summed E-state index contributed by atoms with van der Waals surface area (Å²) in [6.07, 6.45) is 1.55. The van der Waals surface area contributed by atoms with E-state index >= 15 is 0 Å². The number of benzene rings is 1. The van der Waals surface area contributed by atoms with Crippen molar-refractivity contribution in [2.24, 2.45) is 0 Å². The normalized spacial score (nSPS) is 11.0. The highest BCUT2D eigenvalue weighted by Gasteiger charge is 2.12. The SMILES string of the molecule is CCN(CC)c1ccc(/C=C(/C#N)C(=O)Nc2cc(C)on2)cc1. The minimum Gasteiger partial charge on any atom is -0.372 e. The van der Waals surface area contributed by atoms with Crippen LogP contribution in [0.2, 0.25) is 0 Å². The molecule has 0 saturated carbocycles. The molecule has 2 aromatic rings. The first-order valence-electron chi connectivity index (χ1n) is 7.78. The van der Waals surface area contributed by atoms with Gasteiger partial charge in [0.15, 0.2) is 5.82 Å². The second kappa shape index (κ2) is 7.97. The number of aromatic nitrogens is 1. The average Bonchev–Trinajstić information content (AvgIpc) is 2.99. The van der Waals surface area contributed by atoms with Gasteiger partial charge in [-0.25, -0.2) is 0 Å². The van der Waals surface area contributed by atoms with Gasteiger partial charge in [-0.3, -0.25) is 4.79 Å².